The zero-order valence-electron chi connectivity index (χ0n) is 34.4. The van der Waals surface area contributed by atoms with Gasteiger partial charge in [-0.25, -0.2) is 27.2 Å². The van der Waals surface area contributed by atoms with E-state index in [9.17, 15) is 14.0 Å². The summed E-state index contributed by atoms with van der Waals surface area (Å²) in [7, 11) is 3.11. The van der Waals surface area contributed by atoms with Crippen LogP contribution in [0.25, 0.3) is 32.9 Å². The van der Waals surface area contributed by atoms with Gasteiger partial charge in [0.2, 0.25) is 0 Å². The molecule has 1 unspecified atom stereocenters. The number of alkyl carbamates (subject to hydrolysis) is 1. The molecule has 6 aliphatic rings. The summed E-state index contributed by atoms with van der Waals surface area (Å²) in [6.07, 6.45) is 0.0874. The van der Waals surface area contributed by atoms with Crippen LogP contribution in [-0.4, -0.2) is 139 Å². The second kappa shape index (κ2) is 16.0. The van der Waals surface area contributed by atoms with Crippen LogP contribution in [-0.2, 0) is 20.6 Å². The molecule has 4 fully saturated rings. The van der Waals surface area contributed by atoms with E-state index in [0.717, 1.165) is 13.0 Å². The molecule has 8 heterocycles. The molecule has 0 saturated carbocycles. The molecule has 4 saturated heterocycles. The number of fused-ring (bicyclic) bond motifs is 7. The number of anilines is 1. The molecule has 0 spiro atoms. The summed E-state index contributed by atoms with van der Waals surface area (Å²) >= 11 is 0. The third kappa shape index (κ3) is 7.75. The number of carbonyl (C=O) groups excluding carboxylic acids is 2. The van der Waals surface area contributed by atoms with E-state index >= 15 is 13.2 Å². The Hall–Kier alpha value is -5.07. The lowest BCUT2D eigenvalue weighted by molar-refractivity contribution is -0.0543. The number of hydrogen-bond donors (Lipinski definition) is 1. The van der Waals surface area contributed by atoms with Gasteiger partial charge in [0.15, 0.2) is 5.82 Å². The summed E-state index contributed by atoms with van der Waals surface area (Å²) in [6, 6.07) is 5.59. The van der Waals surface area contributed by atoms with Gasteiger partial charge in [-0.1, -0.05) is 6.07 Å². The van der Waals surface area contributed by atoms with Crippen molar-refractivity contribution < 1.29 is 50.8 Å². The van der Waals surface area contributed by atoms with Gasteiger partial charge in [0, 0.05) is 58.5 Å². The number of nitrogens with one attached hydrogen (secondary N) is 1. The van der Waals surface area contributed by atoms with Crippen LogP contribution in [0.5, 0.6) is 11.8 Å². The van der Waals surface area contributed by atoms with E-state index < -0.39 is 52.8 Å². The minimum Gasteiger partial charge on any atom is -0.461 e. The number of benzene rings is 2. The van der Waals surface area contributed by atoms with Crippen molar-refractivity contribution in [2.75, 3.05) is 78.2 Å². The summed E-state index contributed by atoms with van der Waals surface area (Å²) in [5.41, 5.74) is -2.54. The molecule has 61 heavy (non-hydrogen) atoms. The molecule has 0 radical (unpaired) electrons. The third-order valence-electron chi connectivity index (χ3n) is 13.0. The molecule has 4 aromatic rings. The minimum atomic E-state index is -1.43. The Morgan fingerprint density at radius 2 is 1.85 bits per heavy atom. The predicted octanol–water partition coefficient (Wildman–Crippen LogP) is 6.29. The Morgan fingerprint density at radius 1 is 1.02 bits per heavy atom. The normalized spacial score (nSPS) is 28.0. The van der Waals surface area contributed by atoms with Crippen molar-refractivity contribution in [1.82, 2.24) is 30.1 Å². The van der Waals surface area contributed by atoms with Gasteiger partial charge in [0.25, 0.3) is 0 Å². The molecule has 18 heteroatoms. The number of aryl methyl sites for hydroxylation is 1. The molecule has 326 valence electrons. The Labute approximate surface area is 349 Å². The van der Waals surface area contributed by atoms with Crippen LogP contribution in [0.4, 0.5) is 33.0 Å². The van der Waals surface area contributed by atoms with Crippen LogP contribution >= 0.6 is 0 Å². The number of rotatable bonds is 7. The Morgan fingerprint density at radius 3 is 2.67 bits per heavy atom. The highest BCUT2D eigenvalue weighted by Gasteiger charge is 2.50. The number of halogens is 4. The van der Waals surface area contributed by atoms with Gasteiger partial charge in [-0.05, 0) is 80.1 Å². The average molecular weight is 852 g/mol. The number of alkyl halides is 2. The van der Waals surface area contributed by atoms with Crippen LogP contribution in [0.1, 0.15) is 51.0 Å². The van der Waals surface area contributed by atoms with Crippen molar-refractivity contribution in [2.45, 2.75) is 80.9 Å². The number of nitrogens with zero attached hydrogens (tertiary/aromatic N) is 6. The zero-order chi connectivity index (χ0) is 42.7. The standard InChI is InChI=1S/C43H49F4N7O7/c1-41-16-26(44)19-53(21-41)37-31-18-48-35(34(47)36(31)49-38(50-37)60-23-42-9-5-11-54(42)20-27(45)17-42)30-15-28(61-40(56)52-12-10-43(22-52,58-3)24-57-2)14-25-7-8-32(46)29(33(25)30)6-4-13-59-39(55)51-41/h7-8,14-15,18,26-27H,4-6,9-13,16-17,19-24H2,1-3H3,(H,51,55)/t26-,27-,41-,42+,43?/m1/s1. The molecule has 10 rings (SSSR count). The smallest absolute Gasteiger partial charge is 0.415 e. The summed E-state index contributed by atoms with van der Waals surface area (Å²) in [5, 5.41) is 3.68. The second-order valence-corrected chi connectivity index (χ2v) is 17.4. The second-order valence-electron chi connectivity index (χ2n) is 17.4. The van der Waals surface area contributed by atoms with Crippen LogP contribution in [0.15, 0.2) is 30.5 Å². The van der Waals surface area contributed by atoms with Gasteiger partial charge in [-0.2, -0.15) is 9.97 Å². The maximum atomic E-state index is 17.6. The highest BCUT2D eigenvalue weighted by molar-refractivity contribution is 6.02. The maximum absolute atomic E-state index is 17.6. The predicted molar refractivity (Wildman–Crippen MR) is 216 cm³/mol. The van der Waals surface area contributed by atoms with E-state index in [2.05, 4.69) is 20.2 Å². The third-order valence-corrected chi connectivity index (χ3v) is 13.0. The van der Waals surface area contributed by atoms with Crippen LogP contribution in [0.3, 0.4) is 0 Å². The van der Waals surface area contributed by atoms with Gasteiger partial charge in [0.05, 0.1) is 42.8 Å². The lowest BCUT2D eigenvalue weighted by Gasteiger charge is -2.42. The van der Waals surface area contributed by atoms with E-state index in [0.29, 0.717) is 36.7 Å². The fraction of sp³-hybridized carbons (Fsp3) is 0.558. The van der Waals surface area contributed by atoms with E-state index in [1.165, 1.54) is 29.3 Å². The monoisotopic (exact) mass is 851 g/mol. The molecule has 0 aliphatic carbocycles. The first-order valence-electron chi connectivity index (χ1n) is 20.8. The Bertz CT molecular complexity index is 2380. The number of carbonyl (C=O) groups is 2. The highest BCUT2D eigenvalue weighted by Crippen LogP contribution is 2.43. The molecule has 14 nitrogen and oxygen atoms in total. The van der Waals surface area contributed by atoms with E-state index in [-0.39, 0.29) is 110 Å². The molecule has 2 aromatic heterocycles. The number of amides is 2. The maximum Gasteiger partial charge on any atom is 0.415 e. The summed E-state index contributed by atoms with van der Waals surface area (Å²) in [5.74, 6) is -1.32. The van der Waals surface area contributed by atoms with Gasteiger partial charge < -0.3 is 38.8 Å². The fourth-order valence-electron chi connectivity index (χ4n) is 10.2. The first kappa shape index (κ1) is 41.3. The van der Waals surface area contributed by atoms with Gasteiger partial charge in [-0.3, -0.25) is 9.88 Å². The van der Waals surface area contributed by atoms with E-state index in [4.69, 9.17) is 28.7 Å². The highest BCUT2D eigenvalue weighted by atomic mass is 19.1. The number of methoxy groups -OCH3 is 2. The molecule has 5 atom stereocenters. The van der Waals surface area contributed by atoms with Crippen molar-refractivity contribution in [2.24, 2.45) is 0 Å². The SMILES string of the molecule is COCC1(OC)CCN(C(=O)Oc2cc3c4c(c(F)ccc4c2)CCCOC(=O)N[C@]2(C)C[C@@H](F)CN(C2)c2nc(OC[C@@]45CCCN4C[C@H](F)C5)nc4c(F)c-3ncc24)C1. The lowest BCUT2D eigenvalue weighted by atomic mass is 9.90. The van der Waals surface area contributed by atoms with Crippen LogP contribution in [0, 0.1) is 11.6 Å². The van der Waals surface area contributed by atoms with Crippen LogP contribution < -0.4 is 19.7 Å². The summed E-state index contributed by atoms with van der Waals surface area (Å²) in [6.45, 7) is 3.40. The topological polar surface area (TPSA) is 141 Å². The van der Waals surface area contributed by atoms with E-state index in [1.54, 1.807) is 32.1 Å². The Kier molecular flexibility index (Phi) is 10.8. The minimum absolute atomic E-state index is 0.0297. The molecule has 1 N–H and O–H groups in total. The number of hydrogen-bond acceptors (Lipinski definition) is 12. The molecule has 6 aliphatic heterocycles. The number of piperidine rings is 1. The van der Waals surface area contributed by atoms with Gasteiger partial charge in [-0.15, -0.1) is 0 Å². The van der Waals surface area contributed by atoms with Crippen molar-refractivity contribution in [3.8, 4) is 23.0 Å². The number of ether oxygens (including phenoxy) is 5. The molecule has 2 aromatic carbocycles. The van der Waals surface area contributed by atoms with Crippen molar-refractivity contribution in [3.05, 3.63) is 47.7 Å². The molecule has 2 amide bonds. The quantitative estimate of drug-likeness (QED) is 0.209. The van der Waals surface area contributed by atoms with Crippen molar-refractivity contribution in [1.29, 1.82) is 0 Å². The first-order chi connectivity index (χ1) is 29.3. The summed E-state index contributed by atoms with van der Waals surface area (Å²) < 4.78 is 92.9. The summed E-state index contributed by atoms with van der Waals surface area (Å²) in [4.78, 5) is 45.9. The van der Waals surface area contributed by atoms with Crippen molar-refractivity contribution in [3.63, 3.8) is 0 Å². The molecular formula is C43H49F4N7O7. The first-order valence-corrected chi connectivity index (χ1v) is 20.8. The number of aromatic nitrogens is 3. The average Bonchev–Trinajstić information content (AvgIpc) is 3.91. The number of likely N-dealkylation sites (tertiary alicyclic amines) is 1. The van der Waals surface area contributed by atoms with E-state index in [1.807, 2.05) is 0 Å². The Balaban J connectivity index is 1.19. The number of pyridine rings is 1. The van der Waals surface area contributed by atoms with Crippen molar-refractivity contribution >= 4 is 39.7 Å². The lowest BCUT2D eigenvalue weighted by Crippen LogP contribution is -2.60. The van der Waals surface area contributed by atoms with Gasteiger partial charge in [0.1, 0.15) is 53.1 Å². The zero-order valence-corrected chi connectivity index (χ0v) is 34.4. The molecule has 6 bridgehead atoms. The van der Waals surface area contributed by atoms with Gasteiger partial charge >= 0.3 is 18.2 Å². The largest absolute Gasteiger partial charge is 0.461 e. The molecular weight excluding hydrogens is 803 g/mol. The fourth-order valence-corrected chi connectivity index (χ4v) is 10.2. The van der Waals surface area contributed by atoms with Crippen LogP contribution in [0.2, 0.25) is 0 Å².